The largest absolute Gasteiger partial charge is 0.338 e. The minimum absolute atomic E-state index is 0. The van der Waals surface area contributed by atoms with E-state index in [9.17, 15) is 4.79 Å². The quantitative estimate of drug-likeness (QED) is 0.906. The predicted octanol–water partition coefficient (Wildman–Crippen LogP) is 2.53. The average molecular weight is 283 g/mol. The molecule has 2 rings (SSSR count). The lowest BCUT2D eigenvalue weighted by Crippen LogP contribution is -2.33. The van der Waals surface area contributed by atoms with Crippen molar-refractivity contribution >= 4 is 18.3 Å². The van der Waals surface area contributed by atoms with E-state index < -0.39 is 0 Å². The zero-order chi connectivity index (χ0) is 13.3. The van der Waals surface area contributed by atoms with Crippen LogP contribution >= 0.6 is 12.4 Å². The number of carbonyl (C=O) groups is 1. The molecule has 0 aliphatic carbocycles. The highest BCUT2D eigenvalue weighted by molar-refractivity contribution is 5.97. The van der Waals surface area contributed by atoms with Crippen LogP contribution in [0.15, 0.2) is 18.2 Å². The van der Waals surface area contributed by atoms with Crippen LogP contribution in [0.5, 0.6) is 0 Å². The normalized spacial score (nSPS) is 20.0. The number of hydrogen-bond donors (Lipinski definition) is 1. The van der Waals surface area contributed by atoms with Crippen molar-refractivity contribution in [1.82, 2.24) is 4.90 Å². The number of likely N-dealkylation sites (tertiary alicyclic amines) is 1. The molecule has 1 heterocycles. The van der Waals surface area contributed by atoms with Crippen molar-refractivity contribution in [2.75, 3.05) is 13.1 Å². The minimum atomic E-state index is 0. The molecule has 106 valence electrons. The molecule has 2 atom stereocenters. The van der Waals surface area contributed by atoms with E-state index >= 15 is 0 Å². The summed E-state index contributed by atoms with van der Waals surface area (Å²) in [6, 6.07) is 6.16. The van der Waals surface area contributed by atoms with Gasteiger partial charge in [0.05, 0.1) is 0 Å². The molecule has 1 amide bonds. The number of aryl methyl sites for hydroxylation is 2. The highest BCUT2D eigenvalue weighted by atomic mass is 35.5. The number of amides is 1. The van der Waals surface area contributed by atoms with Crippen molar-refractivity contribution in [3.05, 3.63) is 34.9 Å². The van der Waals surface area contributed by atoms with E-state index in [0.717, 1.165) is 36.2 Å². The van der Waals surface area contributed by atoms with E-state index in [1.165, 1.54) is 0 Å². The molecule has 1 saturated heterocycles. The molecule has 1 aromatic carbocycles. The average Bonchev–Trinajstić information content (AvgIpc) is 2.77. The summed E-state index contributed by atoms with van der Waals surface area (Å²) in [5.41, 5.74) is 8.90. The van der Waals surface area contributed by atoms with Gasteiger partial charge in [-0.05, 0) is 44.2 Å². The lowest BCUT2D eigenvalue weighted by Gasteiger charge is -2.20. The molecule has 2 unspecified atom stereocenters. The van der Waals surface area contributed by atoms with Crippen LogP contribution in [0, 0.1) is 19.8 Å². The van der Waals surface area contributed by atoms with E-state index in [0.29, 0.717) is 5.92 Å². The zero-order valence-corrected chi connectivity index (χ0v) is 12.7. The molecule has 0 aromatic heterocycles. The van der Waals surface area contributed by atoms with Crippen LogP contribution < -0.4 is 5.73 Å². The van der Waals surface area contributed by atoms with Gasteiger partial charge in [0, 0.05) is 24.7 Å². The van der Waals surface area contributed by atoms with Gasteiger partial charge in [0.25, 0.3) is 5.91 Å². The maximum Gasteiger partial charge on any atom is 0.254 e. The van der Waals surface area contributed by atoms with Crippen molar-refractivity contribution in [2.24, 2.45) is 11.7 Å². The third-order valence-electron chi connectivity index (χ3n) is 3.95. The Hall–Kier alpha value is -1.06. The monoisotopic (exact) mass is 282 g/mol. The summed E-state index contributed by atoms with van der Waals surface area (Å²) in [5.74, 6) is 0.604. The summed E-state index contributed by atoms with van der Waals surface area (Å²) in [6.45, 7) is 7.65. The molecule has 0 bridgehead atoms. The molecule has 1 fully saturated rings. The number of benzene rings is 1. The molecule has 3 nitrogen and oxygen atoms in total. The molecule has 1 aliphatic heterocycles. The molecule has 19 heavy (non-hydrogen) atoms. The number of rotatable bonds is 2. The fourth-order valence-corrected chi connectivity index (χ4v) is 2.71. The van der Waals surface area contributed by atoms with Gasteiger partial charge < -0.3 is 10.6 Å². The standard InChI is InChI=1S/C15H22N2O.ClH/c1-10-5-4-6-11(2)14(10)15(18)17-8-7-13(9-17)12(3)16;/h4-6,12-13H,7-9,16H2,1-3H3;1H. The van der Waals surface area contributed by atoms with Gasteiger partial charge in [-0.25, -0.2) is 0 Å². The molecule has 0 radical (unpaired) electrons. The first-order chi connectivity index (χ1) is 8.50. The van der Waals surface area contributed by atoms with Crippen LogP contribution in [0.3, 0.4) is 0 Å². The maximum atomic E-state index is 12.5. The summed E-state index contributed by atoms with van der Waals surface area (Å²) in [7, 11) is 0. The molecular weight excluding hydrogens is 260 g/mol. The molecule has 2 N–H and O–H groups in total. The Morgan fingerprint density at radius 3 is 2.42 bits per heavy atom. The predicted molar refractivity (Wildman–Crippen MR) is 80.8 cm³/mol. The van der Waals surface area contributed by atoms with Gasteiger partial charge in [0.15, 0.2) is 0 Å². The SMILES string of the molecule is Cc1cccc(C)c1C(=O)N1CCC(C(C)N)C1.Cl. The van der Waals surface area contributed by atoms with Gasteiger partial charge in [-0.2, -0.15) is 0 Å². The summed E-state index contributed by atoms with van der Waals surface area (Å²) >= 11 is 0. The van der Waals surface area contributed by atoms with E-state index in [4.69, 9.17) is 5.73 Å². The van der Waals surface area contributed by atoms with Crippen LogP contribution in [-0.2, 0) is 0 Å². The Labute approximate surface area is 121 Å². The topological polar surface area (TPSA) is 46.3 Å². The second kappa shape index (κ2) is 6.40. The fraction of sp³-hybridized carbons (Fsp3) is 0.533. The van der Waals surface area contributed by atoms with Crippen LogP contribution in [0.25, 0.3) is 0 Å². The van der Waals surface area contributed by atoms with E-state index in [1.807, 2.05) is 43.9 Å². The number of halogens is 1. The first-order valence-corrected chi connectivity index (χ1v) is 6.61. The lowest BCUT2D eigenvalue weighted by atomic mass is 10.0. The molecule has 1 aromatic rings. The van der Waals surface area contributed by atoms with Crippen molar-refractivity contribution < 1.29 is 4.79 Å². The zero-order valence-electron chi connectivity index (χ0n) is 11.8. The van der Waals surface area contributed by atoms with Gasteiger partial charge in [-0.3, -0.25) is 4.79 Å². The lowest BCUT2D eigenvalue weighted by molar-refractivity contribution is 0.0784. The molecular formula is C15H23ClN2O. The smallest absolute Gasteiger partial charge is 0.254 e. The third-order valence-corrected chi connectivity index (χ3v) is 3.95. The van der Waals surface area contributed by atoms with Gasteiger partial charge in [0.2, 0.25) is 0 Å². The van der Waals surface area contributed by atoms with Crippen LogP contribution in [0.1, 0.15) is 34.8 Å². The van der Waals surface area contributed by atoms with Gasteiger partial charge in [0.1, 0.15) is 0 Å². The second-order valence-corrected chi connectivity index (χ2v) is 5.43. The number of carbonyl (C=O) groups excluding carboxylic acids is 1. The Kier molecular flexibility index (Phi) is 5.39. The molecule has 4 heteroatoms. The van der Waals surface area contributed by atoms with E-state index in [2.05, 4.69) is 0 Å². The van der Waals surface area contributed by atoms with Crippen LogP contribution in [0.2, 0.25) is 0 Å². The first kappa shape index (κ1) is 16.0. The van der Waals surface area contributed by atoms with Crippen molar-refractivity contribution in [2.45, 2.75) is 33.2 Å². The summed E-state index contributed by atoms with van der Waals surface area (Å²) in [4.78, 5) is 14.5. The van der Waals surface area contributed by atoms with E-state index in [-0.39, 0.29) is 24.4 Å². The number of nitrogens with zero attached hydrogens (tertiary/aromatic N) is 1. The Morgan fingerprint density at radius 1 is 1.37 bits per heavy atom. The number of nitrogens with two attached hydrogens (primary N) is 1. The number of hydrogen-bond acceptors (Lipinski definition) is 2. The van der Waals surface area contributed by atoms with Crippen molar-refractivity contribution in [1.29, 1.82) is 0 Å². The first-order valence-electron chi connectivity index (χ1n) is 6.61. The van der Waals surface area contributed by atoms with Crippen LogP contribution in [-0.4, -0.2) is 29.9 Å². The highest BCUT2D eigenvalue weighted by Gasteiger charge is 2.29. The Bertz CT molecular complexity index is 439. The summed E-state index contributed by atoms with van der Waals surface area (Å²) < 4.78 is 0. The van der Waals surface area contributed by atoms with E-state index in [1.54, 1.807) is 0 Å². The second-order valence-electron chi connectivity index (χ2n) is 5.43. The summed E-state index contributed by atoms with van der Waals surface area (Å²) in [5, 5.41) is 0. The highest BCUT2D eigenvalue weighted by Crippen LogP contribution is 2.23. The Balaban J connectivity index is 0.00000180. The third kappa shape index (κ3) is 3.28. The van der Waals surface area contributed by atoms with Crippen LogP contribution in [0.4, 0.5) is 0 Å². The molecule has 0 spiro atoms. The fourth-order valence-electron chi connectivity index (χ4n) is 2.71. The van der Waals surface area contributed by atoms with Gasteiger partial charge in [-0.15, -0.1) is 12.4 Å². The van der Waals surface area contributed by atoms with Gasteiger partial charge in [-0.1, -0.05) is 18.2 Å². The minimum Gasteiger partial charge on any atom is -0.338 e. The van der Waals surface area contributed by atoms with Gasteiger partial charge >= 0.3 is 0 Å². The molecule has 0 saturated carbocycles. The Morgan fingerprint density at radius 2 is 1.95 bits per heavy atom. The molecule has 1 aliphatic rings. The maximum absolute atomic E-state index is 12.5. The summed E-state index contributed by atoms with van der Waals surface area (Å²) in [6.07, 6.45) is 1.02. The van der Waals surface area contributed by atoms with Crippen molar-refractivity contribution in [3.63, 3.8) is 0 Å². The van der Waals surface area contributed by atoms with Crippen molar-refractivity contribution in [3.8, 4) is 0 Å².